The number of benzene rings is 2. The van der Waals surface area contributed by atoms with E-state index in [-0.39, 0.29) is 5.91 Å². The molecule has 0 saturated heterocycles. The lowest BCUT2D eigenvalue weighted by atomic mass is 9.83. The van der Waals surface area contributed by atoms with Crippen LogP contribution < -0.4 is 19.5 Å². The normalized spacial score (nSPS) is 17.6. The van der Waals surface area contributed by atoms with Gasteiger partial charge in [0.05, 0.1) is 21.3 Å². The highest BCUT2D eigenvalue weighted by Crippen LogP contribution is 2.44. The molecule has 0 fully saturated rings. The van der Waals surface area contributed by atoms with Crippen molar-refractivity contribution in [3.63, 3.8) is 0 Å². The van der Waals surface area contributed by atoms with Crippen molar-refractivity contribution in [1.82, 2.24) is 10.2 Å². The Hall–Kier alpha value is -2.73. The number of methoxy groups -OCH3 is 3. The third-order valence-electron chi connectivity index (χ3n) is 6.06. The number of carbonyl (C=O) groups is 1. The van der Waals surface area contributed by atoms with Gasteiger partial charge in [0.25, 0.3) is 0 Å². The summed E-state index contributed by atoms with van der Waals surface area (Å²) < 4.78 is 16.8. The average Bonchev–Trinajstić information content (AvgIpc) is 2.74. The zero-order valence-corrected chi connectivity index (χ0v) is 17.5. The van der Waals surface area contributed by atoms with Crippen LogP contribution in [-0.2, 0) is 30.7 Å². The van der Waals surface area contributed by atoms with E-state index in [9.17, 15) is 4.79 Å². The fourth-order valence-corrected chi connectivity index (χ4v) is 4.61. The summed E-state index contributed by atoms with van der Waals surface area (Å²) in [5, 5.41) is 2.90. The van der Waals surface area contributed by atoms with Gasteiger partial charge in [-0.3, -0.25) is 9.69 Å². The minimum absolute atomic E-state index is 0.0426. The van der Waals surface area contributed by atoms with Crippen molar-refractivity contribution in [2.45, 2.75) is 38.9 Å². The van der Waals surface area contributed by atoms with Gasteiger partial charge in [0, 0.05) is 43.7 Å². The summed E-state index contributed by atoms with van der Waals surface area (Å²) >= 11 is 0. The number of nitrogens with one attached hydrogen (secondary N) is 1. The number of rotatable bonds is 5. The van der Waals surface area contributed by atoms with Crippen LogP contribution in [0, 0.1) is 0 Å². The summed E-state index contributed by atoms with van der Waals surface area (Å²) in [6.07, 6.45) is 1.90. The van der Waals surface area contributed by atoms with Gasteiger partial charge in [0.2, 0.25) is 5.91 Å². The van der Waals surface area contributed by atoms with Crippen molar-refractivity contribution >= 4 is 5.91 Å². The third kappa shape index (κ3) is 3.53. The summed E-state index contributed by atoms with van der Waals surface area (Å²) in [7, 11) is 5.07. The highest BCUT2D eigenvalue weighted by atomic mass is 16.5. The molecule has 1 amide bonds. The molecule has 0 radical (unpaired) electrons. The van der Waals surface area contributed by atoms with Crippen LogP contribution in [0.5, 0.6) is 17.2 Å². The number of carbonyl (C=O) groups excluding carboxylic acids is 1. The molecule has 0 saturated carbocycles. The van der Waals surface area contributed by atoms with Crippen molar-refractivity contribution in [3.05, 3.63) is 52.1 Å². The molecule has 0 spiro atoms. The quantitative estimate of drug-likeness (QED) is 0.842. The maximum absolute atomic E-state index is 11.4. The average molecular weight is 396 g/mol. The molecule has 2 heterocycles. The molecular formula is C23H28N2O4. The molecule has 4 rings (SSSR count). The molecule has 6 nitrogen and oxygen atoms in total. The van der Waals surface area contributed by atoms with E-state index in [1.54, 1.807) is 21.3 Å². The minimum Gasteiger partial charge on any atom is -0.496 e. The lowest BCUT2D eigenvalue weighted by Crippen LogP contribution is -2.39. The number of ether oxygens (including phenoxy) is 3. The van der Waals surface area contributed by atoms with E-state index in [4.69, 9.17) is 14.2 Å². The Morgan fingerprint density at radius 2 is 1.90 bits per heavy atom. The second-order valence-electron chi connectivity index (χ2n) is 7.65. The first-order valence-corrected chi connectivity index (χ1v) is 9.96. The van der Waals surface area contributed by atoms with Crippen LogP contribution in [0.25, 0.3) is 0 Å². The van der Waals surface area contributed by atoms with Crippen LogP contribution in [-0.4, -0.2) is 38.7 Å². The molecule has 0 aliphatic carbocycles. The fourth-order valence-electron chi connectivity index (χ4n) is 4.61. The van der Waals surface area contributed by atoms with Crippen LogP contribution in [0.1, 0.15) is 40.8 Å². The van der Waals surface area contributed by atoms with E-state index in [0.29, 0.717) is 12.6 Å². The Morgan fingerprint density at radius 3 is 2.59 bits per heavy atom. The number of nitrogens with zero attached hydrogens (tertiary/aromatic N) is 1. The van der Waals surface area contributed by atoms with Gasteiger partial charge in [0.15, 0.2) is 11.5 Å². The van der Waals surface area contributed by atoms with Gasteiger partial charge in [-0.1, -0.05) is 6.07 Å². The SMILES string of the molecule is COc1cc2c(cc1CNC(C)=O)[C@@H]1Cc3ccc(OC)c(OC)c3CN1CC2. The molecule has 0 unspecified atom stereocenters. The second kappa shape index (κ2) is 7.95. The Morgan fingerprint density at radius 1 is 1.10 bits per heavy atom. The molecule has 1 atom stereocenters. The zero-order chi connectivity index (χ0) is 20.5. The molecule has 154 valence electrons. The van der Waals surface area contributed by atoms with Crippen molar-refractivity contribution < 1.29 is 19.0 Å². The van der Waals surface area contributed by atoms with E-state index in [1.165, 1.54) is 29.2 Å². The van der Waals surface area contributed by atoms with Crippen molar-refractivity contribution in [1.29, 1.82) is 0 Å². The number of hydrogen-bond acceptors (Lipinski definition) is 5. The summed E-state index contributed by atoms with van der Waals surface area (Å²) in [6.45, 7) is 3.84. The van der Waals surface area contributed by atoms with Crippen LogP contribution in [0.2, 0.25) is 0 Å². The Kier molecular flexibility index (Phi) is 5.37. The molecule has 29 heavy (non-hydrogen) atoms. The monoisotopic (exact) mass is 396 g/mol. The fraction of sp³-hybridized carbons (Fsp3) is 0.435. The van der Waals surface area contributed by atoms with E-state index in [2.05, 4.69) is 28.4 Å². The standard InChI is InChI=1S/C23H28N2O4/c1-14(26)24-12-17-9-18-16(11-22(17)28-3)7-8-25-13-19-15(10-20(18)25)5-6-21(27-2)23(19)29-4/h5-6,9,11,20H,7-8,10,12-13H2,1-4H3,(H,24,26)/t20-/m0/s1. The van der Waals surface area contributed by atoms with Crippen LogP contribution in [0.3, 0.4) is 0 Å². The molecule has 1 N–H and O–H groups in total. The maximum atomic E-state index is 11.4. The first-order valence-electron chi connectivity index (χ1n) is 9.96. The predicted molar refractivity (Wildman–Crippen MR) is 111 cm³/mol. The first kappa shape index (κ1) is 19.6. The lowest BCUT2D eigenvalue weighted by Gasteiger charge is -2.42. The van der Waals surface area contributed by atoms with Crippen molar-refractivity contribution in [2.75, 3.05) is 27.9 Å². The third-order valence-corrected chi connectivity index (χ3v) is 6.06. The topological polar surface area (TPSA) is 60.0 Å². The Bertz CT molecular complexity index is 941. The highest BCUT2D eigenvalue weighted by molar-refractivity contribution is 5.73. The molecule has 2 aromatic carbocycles. The molecular weight excluding hydrogens is 368 g/mol. The predicted octanol–water partition coefficient (Wildman–Crippen LogP) is 3.00. The van der Waals surface area contributed by atoms with Crippen LogP contribution >= 0.6 is 0 Å². The lowest BCUT2D eigenvalue weighted by molar-refractivity contribution is -0.119. The second-order valence-corrected chi connectivity index (χ2v) is 7.65. The number of fused-ring (bicyclic) bond motifs is 4. The summed E-state index contributed by atoms with van der Waals surface area (Å²) in [5.74, 6) is 2.42. The smallest absolute Gasteiger partial charge is 0.217 e. The summed E-state index contributed by atoms with van der Waals surface area (Å²) in [4.78, 5) is 13.9. The van der Waals surface area contributed by atoms with Crippen molar-refractivity contribution in [3.8, 4) is 17.2 Å². The van der Waals surface area contributed by atoms with E-state index in [1.807, 2.05) is 6.07 Å². The highest BCUT2D eigenvalue weighted by Gasteiger charge is 2.34. The molecule has 2 aliphatic rings. The summed E-state index contributed by atoms with van der Waals surface area (Å²) in [6, 6.07) is 8.82. The minimum atomic E-state index is -0.0426. The molecule has 6 heteroatoms. The van der Waals surface area contributed by atoms with E-state index < -0.39 is 0 Å². The largest absolute Gasteiger partial charge is 0.496 e. The maximum Gasteiger partial charge on any atom is 0.217 e. The van der Waals surface area contributed by atoms with Crippen molar-refractivity contribution in [2.24, 2.45) is 0 Å². The zero-order valence-electron chi connectivity index (χ0n) is 17.5. The van der Waals surface area contributed by atoms with Gasteiger partial charge in [-0.05, 0) is 47.7 Å². The first-order chi connectivity index (χ1) is 14.0. The van der Waals surface area contributed by atoms with Crippen LogP contribution in [0.4, 0.5) is 0 Å². The molecule has 2 aromatic rings. The Balaban J connectivity index is 1.72. The summed E-state index contributed by atoms with van der Waals surface area (Å²) in [5.41, 5.74) is 6.20. The molecule has 0 bridgehead atoms. The van der Waals surface area contributed by atoms with Gasteiger partial charge < -0.3 is 19.5 Å². The number of amides is 1. The van der Waals surface area contributed by atoms with Gasteiger partial charge in [-0.2, -0.15) is 0 Å². The van der Waals surface area contributed by atoms with E-state index in [0.717, 1.165) is 48.7 Å². The van der Waals surface area contributed by atoms with Crippen LogP contribution in [0.15, 0.2) is 24.3 Å². The van der Waals surface area contributed by atoms with Gasteiger partial charge in [0.1, 0.15) is 5.75 Å². The van der Waals surface area contributed by atoms with E-state index >= 15 is 0 Å². The molecule has 2 aliphatic heterocycles. The van der Waals surface area contributed by atoms with Gasteiger partial charge in [-0.15, -0.1) is 0 Å². The van der Waals surface area contributed by atoms with Gasteiger partial charge in [-0.25, -0.2) is 0 Å². The molecule has 0 aromatic heterocycles. The number of hydrogen-bond donors (Lipinski definition) is 1. The van der Waals surface area contributed by atoms with Gasteiger partial charge >= 0.3 is 0 Å². The Labute approximate surface area is 171 Å².